The van der Waals surface area contributed by atoms with E-state index in [1.807, 2.05) is 5.32 Å². The molecule has 0 spiro atoms. The lowest BCUT2D eigenvalue weighted by atomic mass is 10.1. The number of carbonyl (C=O) groups excluding carboxylic acids is 2. The summed E-state index contributed by atoms with van der Waals surface area (Å²) in [4.78, 5) is 27.9. The molecule has 11 heteroatoms. The highest BCUT2D eigenvalue weighted by Crippen LogP contribution is 2.31. The first kappa shape index (κ1) is 20.0. The summed E-state index contributed by atoms with van der Waals surface area (Å²) in [5, 5.41) is 3.92. The number of aromatic nitrogens is 1. The van der Waals surface area contributed by atoms with Crippen LogP contribution in [0, 0.1) is 11.6 Å². The zero-order valence-corrected chi connectivity index (χ0v) is 14.6. The van der Waals surface area contributed by atoms with Crippen LogP contribution in [-0.2, 0) is 6.18 Å². The summed E-state index contributed by atoms with van der Waals surface area (Å²) in [6.45, 7) is 0. The van der Waals surface area contributed by atoms with E-state index < -0.39 is 57.2 Å². The van der Waals surface area contributed by atoms with E-state index in [2.05, 4.69) is 10.3 Å². The summed E-state index contributed by atoms with van der Waals surface area (Å²) in [6.07, 6.45) is -2.89. The van der Waals surface area contributed by atoms with E-state index in [9.17, 15) is 31.5 Å². The highest BCUT2D eigenvalue weighted by molar-refractivity contribution is 6.34. The number of alkyl halides is 3. The fourth-order valence-electron chi connectivity index (χ4n) is 2.30. The van der Waals surface area contributed by atoms with Crippen LogP contribution < -0.4 is 10.6 Å². The number of nitrogens with zero attached hydrogens (tertiary/aromatic N) is 1. The Hall–Kier alpha value is -2.75. The van der Waals surface area contributed by atoms with Crippen LogP contribution in [0.2, 0.25) is 5.02 Å². The summed E-state index contributed by atoms with van der Waals surface area (Å²) in [6, 6.07) is 1.56. The standard InChI is InChI=1S/C17H11ClF5N3O2/c18-11-3-7(17(21,22)23)6-24-14(11)16(28)26-13-10(4-8(19)5-12(13)20)15(27)25-9-1-2-9/h3-6,9H,1-2H2,(H,25,27)(H,26,28). The molecule has 0 unspecified atom stereocenters. The molecule has 1 aromatic heterocycles. The molecular weight excluding hydrogens is 409 g/mol. The third-order valence-electron chi connectivity index (χ3n) is 3.83. The van der Waals surface area contributed by atoms with Gasteiger partial charge in [0.25, 0.3) is 11.8 Å². The Kier molecular flexibility index (Phi) is 5.24. The summed E-state index contributed by atoms with van der Waals surface area (Å²) in [5.74, 6) is -4.24. The number of carbonyl (C=O) groups is 2. The Balaban J connectivity index is 1.90. The van der Waals surface area contributed by atoms with E-state index in [0.717, 1.165) is 18.9 Å². The maximum absolute atomic E-state index is 14.2. The van der Waals surface area contributed by atoms with Gasteiger partial charge in [-0.15, -0.1) is 0 Å². The van der Waals surface area contributed by atoms with Gasteiger partial charge < -0.3 is 10.6 Å². The topological polar surface area (TPSA) is 71.1 Å². The molecule has 2 amide bonds. The first-order valence-corrected chi connectivity index (χ1v) is 8.28. The van der Waals surface area contributed by atoms with Gasteiger partial charge in [-0.3, -0.25) is 9.59 Å². The number of pyridine rings is 1. The molecule has 1 aromatic carbocycles. The van der Waals surface area contributed by atoms with E-state index in [4.69, 9.17) is 11.6 Å². The zero-order valence-electron chi connectivity index (χ0n) is 13.8. The fourth-order valence-corrected chi connectivity index (χ4v) is 2.56. The molecule has 0 aliphatic heterocycles. The molecule has 1 aliphatic rings. The van der Waals surface area contributed by atoms with Crippen molar-refractivity contribution in [2.75, 3.05) is 5.32 Å². The molecule has 5 nitrogen and oxygen atoms in total. The third-order valence-corrected chi connectivity index (χ3v) is 4.12. The Morgan fingerprint density at radius 1 is 1.11 bits per heavy atom. The monoisotopic (exact) mass is 419 g/mol. The molecule has 28 heavy (non-hydrogen) atoms. The molecular formula is C17H11ClF5N3O2. The van der Waals surface area contributed by atoms with Crippen LogP contribution in [0.1, 0.15) is 39.3 Å². The second kappa shape index (κ2) is 7.34. The van der Waals surface area contributed by atoms with Gasteiger partial charge in [0.1, 0.15) is 17.3 Å². The summed E-state index contributed by atoms with van der Waals surface area (Å²) >= 11 is 5.68. The van der Waals surface area contributed by atoms with Gasteiger partial charge in [-0.2, -0.15) is 13.2 Å². The highest BCUT2D eigenvalue weighted by Gasteiger charge is 2.32. The van der Waals surface area contributed by atoms with Crippen LogP contribution in [0.15, 0.2) is 24.4 Å². The lowest BCUT2D eigenvalue weighted by molar-refractivity contribution is -0.137. The van der Waals surface area contributed by atoms with Crippen LogP contribution in [0.25, 0.3) is 0 Å². The normalized spacial score (nSPS) is 13.9. The Morgan fingerprint density at radius 3 is 2.36 bits per heavy atom. The number of benzene rings is 1. The van der Waals surface area contributed by atoms with E-state index in [-0.39, 0.29) is 6.04 Å². The van der Waals surface area contributed by atoms with Crippen molar-refractivity contribution in [3.63, 3.8) is 0 Å². The third kappa shape index (κ3) is 4.38. The Morgan fingerprint density at radius 2 is 1.79 bits per heavy atom. The fraction of sp³-hybridized carbons (Fsp3) is 0.235. The number of hydrogen-bond acceptors (Lipinski definition) is 3. The average Bonchev–Trinajstić information content (AvgIpc) is 3.39. The molecule has 0 saturated heterocycles. The van der Waals surface area contributed by atoms with E-state index in [1.54, 1.807) is 0 Å². The number of rotatable bonds is 4. The van der Waals surface area contributed by atoms with Crippen molar-refractivity contribution in [3.8, 4) is 0 Å². The molecule has 1 saturated carbocycles. The minimum absolute atomic E-state index is 0.117. The molecule has 3 rings (SSSR count). The number of halogens is 6. The van der Waals surface area contributed by atoms with Crippen LogP contribution in [0.4, 0.5) is 27.6 Å². The van der Waals surface area contributed by atoms with Crippen molar-refractivity contribution in [2.24, 2.45) is 0 Å². The van der Waals surface area contributed by atoms with Gasteiger partial charge in [0, 0.05) is 18.3 Å². The van der Waals surface area contributed by atoms with Crippen molar-refractivity contribution in [1.29, 1.82) is 0 Å². The van der Waals surface area contributed by atoms with Crippen molar-refractivity contribution >= 4 is 29.1 Å². The lowest BCUT2D eigenvalue weighted by Gasteiger charge is -2.13. The van der Waals surface area contributed by atoms with Gasteiger partial charge in [-0.1, -0.05) is 11.6 Å². The zero-order chi connectivity index (χ0) is 20.6. The SMILES string of the molecule is O=C(NC1CC1)c1cc(F)cc(F)c1NC(=O)c1ncc(C(F)(F)F)cc1Cl. The van der Waals surface area contributed by atoms with Crippen LogP contribution in [0.5, 0.6) is 0 Å². The van der Waals surface area contributed by atoms with E-state index in [1.165, 1.54) is 0 Å². The highest BCUT2D eigenvalue weighted by atomic mass is 35.5. The minimum atomic E-state index is -4.72. The van der Waals surface area contributed by atoms with Gasteiger partial charge in [0.2, 0.25) is 0 Å². The molecule has 1 heterocycles. The number of hydrogen-bond donors (Lipinski definition) is 2. The molecule has 148 valence electrons. The molecule has 1 fully saturated rings. The van der Waals surface area contributed by atoms with Crippen LogP contribution in [-0.4, -0.2) is 22.8 Å². The largest absolute Gasteiger partial charge is 0.417 e. The van der Waals surface area contributed by atoms with Crippen molar-refractivity contribution in [3.05, 3.63) is 57.9 Å². The van der Waals surface area contributed by atoms with Gasteiger partial charge >= 0.3 is 6.18 Å². The minimum Gasteiger partial charge on any atom is -0.349 e. The Labute approximate surface area is 159 Å². The number of amides is 2. The smallest absolute Gasteiger partial charge is 0.349 e. The Bertz CT molecular complexity index is 961. The molecule has 2 aromatic rings. The van der Waals surface area contributed by atoms with Crippen LogP contribution in [0.3, 0.4) is 0 Å². The molecule has 0 radical (unpaired) electrons. The predicted octanol–water partition coefficient (Wildman–Crippen LogP) is 4.18. The van der Waals surface area contributed by atoms with E-state index >= 15 is 0 Å². The van der Waals surface area contributed by atoms with E-state index in [0.29, 0.717) is 18.3 Å². The van der Waals surface area contributed by atoms with Crippen molar-refractivity contribution in [2.45, 2.75) is 25.1 Å². The van der Waals surface area contributed by atoms with Gasteiger partial charge in [0.05, 0.1) is 21.8 Å². The summed E-state index contributed by atoms with van der Waals surface area (Å²) in [5.41, 5.74) is -2.90. The van der Waals surface area contributed by atoms with Gasteiger partial charge in [0.15, 0.2) is 0 Å². The quantitative estimate of drug-likeness (QED) is 0.730. The second-order valence-electron chi connectivity index (χ2n) is 6.06. The number of anilines is 1. The summed E-state index contributed by atoms with van der Waals surface area (Å²) in [7, 11) is 0. The van der Waals surface area contributed by atoms with Gasteiger partial charge in [-0.25, -0.2) is 13.8 Å². The maximum Gasteiger partial charge on any atom is 0.417 e. The molecule has 0 bridgehead atoms. The first-order chi connectivity index (χ1) is 13.1. The molecule has 1 aliphatic carbocycles. The first-order valence-electron chi connectivity index (χ1n) is 7.90. The van der Waals surface area contributed by atoms with Crippen molar-refractivity contribution in [1.82, 2.24) is 10.3 Å². The molecule has 2 N–H and O–H groups in total. The number of nitrogens with one attached hydrogen (secondary N) is 2. The predicted molar refractivity (Wildman–Crippen MR) is 89.0 cm³/mol. The average molecular weight is 420 g/mol. The van der Waals surface area contributed by atoms with Gasteiger partial charge in [-0.05, 0) is 25.0 Å². The van der Waals surface area contributed by atoms with Crippen LogP contribution >= 0.6 is 11.6 Å². The maximum atomic E-state index is 14.2. The summed E-state index contributed by atoms with van der Waals surface area (Å²) < 4.78 is 65.7. The second-order valence-corrected chi connectivity index (χ2v) is 6.47. The lowest BCUT2D eigenvalue weighted by Crippen LogP contribution is -2.28. The molecule has 0 atom stereocenters. The van der Waals surface area contributed by atoms with Crippen molar-refractivity contribution < 1.29 is 31.5 Å².